The zero-order valence-corrected chi connectivity index (χ0v) is 15.0. The van der Waals surface area contributed by atoms with Gasteiger partial charge in [-0.3, -0.25) is 10.1 Å². The van der Waals surface area contributed by atoms with Crippen LogP contribution in [0.4, 0.5) is 13.9 Å². The van der Waals surface area contributed by atoms with Gasteiger partial charge in [-0.15, -0.1) is 11.3 Å². The van der Waals surface area contributed by atoms with E-state index in [2.05, 4.69) is 10.3 Å². The van der Waals surface area contributed by atoms with Crippen molar-refractivity contribution in [2.45, 2.75) is 6.92 Å². The fourth-order valence-electron chi connectivity index (χ4n) is 2.23. The number of ether oxygens (including phenoxy) is 1. The number of rotatable bonds is 5. The van der Waals surface area contributed by atoms with E-state index < -0.39 is 30.1 Å². The van der Waals surface area contributed by atoms with Gasteiger partial charge in [0.15, 0.2) is 11.7 Å². The van der Waals surface area contributed by atoms with Crippen LogP contribution in [0, 0.1) is 18.6 Å². The van der Waals surface area contributed by atoms with Crippen molar-refractivity contribution < 1.29 is 23.1 Å². The molecule has 0 saturated carbocycles. The van der Waals surface area contributed by atoms with E-state index in [1.807, 2.05) is 31.2 Å². The molecule has 5 nitrogen and oxygen atoms in total. The molecule has 0 saturated heterocycles. The Labute approximate surface area is 157 Å². The summed E-state index contributed by atoms with van der Waals surface area (Å²) in [6.45, 7) is 1.38. The number of thiazole rings is 1. The molecule has 0 radical (unpaired) electrons. The first-order valence-corrected chi connectivity index (χ1v) is 8.74. The Morgan fingerprint density at radius 3 is 2.44 bits per heavy atom. The smallest absolute Gasteiger partial charge is 0.338 e. The van der Waals surface area contributed by atoms with Crippen LogP contribution >= 0.6 is 11.3 Å². The zero-order valence-electron chi connectivity index (χ0n) is 14.2. The summed E-state index contributed by atoms with van der Waals surface area (Å²) < 4.78 is 31.0. The maximum atomic E-state index is 13.1. The molecule has 0 aliphatic heterocycles. The predicted molar refractivity (Wildman–Crippen MR) is 97.6 cm³/mol. The van der Waals surface area contributed by atoms with Crippen LogP contribution in [-0.4, -0.2) is 23.5 Å². The summed E-state index contributed by atoms with van der Waals surface area (Å²) in [6, 6.07) is 10.1. The lowest BCUT2D eigenvalue weighted by Crippen LogP contribution is -2.21. The standard InChI is InChI=1S/C19H14F2N2O3S/c1-11-2-4-12(5-3-11)16-10-27-19(22-16)23-17(24)9-26-18(25)13-6-14(20)8-15(21)7-13/h2-8,10H,9H2,1H3,(H,22,23,24). The molecule has 2 aromatic carbocycles. The summed E-state index contributed by atoms with van der Waals surface area (Å²) >= 11 is 1.23. The van der Waals surface area contributed by atoms with E-state index in [4.69, 9.17) is 4.74 Å². The van der Waals surface area contributed by atoms with Gasteiger partial charge in [0.05, 0.1) is 11.3 Å². The van der Waals surface area contributed by atoms with Crippen LogP contribution < -0.4 is 5.32 Å². The number of benzene rings is 2. The number of hydrogen-bond donors (Lipinski definition) is 1. The summed E-state index contributed by atoms with van der Waals surface area (Å²) in [7, 11) is 0. The van der Waals surface area contributed by atoms with Crippen LogP contribution in [-0.2, 0) is 9.53 Å². The Balaban J connectivity index is 1.56. The molecular weight excluding hydrogens is 374 g/mol. The fourth-order valence-corrected chi connectivity index (χ4v) is 2.97. The molecule has 0 aliphatic carbocycles. The fraction of sp³-hybridized carbons (Fsp3) is 0.105. The van der Waals surface area contributed by atoms with Crippen LogP contribution in [0.2, 0.25) is 0 Å². The molecule has 1 amide bonds. The maximum absolute atomic E-state index is 13.1. The van der Waals surface area contributed by atoms with Gasteiger partial charge >= 0.3 is 5.97 Å². The summed E-state index contributed by atoms with van der Waals surface area (Å²) in [5.41, 5.74) is 2.44. The van der Waals surface area contributed by atoms with Crippen molar-refractivity contribution in [2.24, 2.45) is 0 Å². The predicted octanol–water partition coefficient (Wildman–Crippen LogP) is 4.19. The van der Waals surface area contributed by atoms with Gasteiger partial charge in [-0.05, 0) is 19.1 Å². The monoisotopic (exact) mass is 388 g/mol. The zero-order chi connectivity index (χ0) is 19.4. The first-order valence-electron chi connectivity index (χ1n) is 7.86. The van der Waals surface area contributed by atoms with E-state index in [0.717, 1.165) is 23.3 Å². The topological polar surface area (TPSA) is 68.3 Å². The molecule has 0 fully saturated rings. The average Bonchev–Trinajstić information content (AvgIpc) is 3.08. The number of nitrogens with zero attached hydrogens (tertiary/aromatic N) is 1. The lowest BCUT2D eigenvalue weighted by molar-refractivity contribution is -0.119. The number of halogens is 2. The number of hydrogen-bond acceptors (Lipinski definition) is 5. The normalized spacial score (nSPS) is 10.5. The van der Waals surface area contributed by atoms with E-state index in [0.29, 0.717) is 16.9 Å². The minimum Gasteiger partial charge on any atom is -0.452 e. The van der Waals surface area contributed by atoms with Crippen LogP contribution in [0.15, 0.2) is 47.8 Å². The van der Waals surface area contributed by atoms with Crippen molar-refractivity contribution in [3.8, 4) is 11.3 Å². The maximum Gasteiger partial charge on any atom is 0.338 e. The quantitative estimate of drug-likeness (QED) is 0.666. The van der Waals surface area contributed by atoms with Gasteiger partial charge in [-0.1, -0.05) is 29.8 Å². The number of esters is 1. The second-order valence-corrected chi connectivity index (χ2v) is 6.54. The number of amides is 1. The van der Waals surface area contributed by atoms with Crippen molar-refractivity contribution in [1.82, 2.24) is 4.98 Å². The van der Waals surface area contributed by atoms with Crippen molar-refractivity contribution in [2.75, 3.05) is 11.9 Å². The van der Waals surface area contributed by atoms with E-state index in [9.17, 15) is 18.4 Å². The van der Waals surface area contributed by atoms with Gasteiger partial charge in [-0.25, -0.2) is 18.6 Å². The van der Waals surface area contributed by atoms with E-state index in [1.165, 1.54) is 11.3 Å². The molecule has 3 rings (SSSR count). The number of anilines is 1. The van der Waals surface area contributed by atoms with Crippen LogP contribution in [0.5, 0.6) is 0 Å². The van der Waals surface area contributed by atoms with Gasteiger partial charge in [0.1, 0.15) is 11.6 Å². The Morgan fingerprint density at radius 1 is 1.11 bits per heavy atom. The van der Waals surface area contributed by atoms with Crippen molar-refractivity contribution in [3.05, 3.63) is 70.6 Å². The molecule has 3 aromatic rings. The highest BCUT2D eigenvalue weighted by atomic mass is 32.1. The van der Waals surface area contributed by atoms with Gasteiger partial charge in [0.25, 0.3) is 5.91 Å². The molecule has 0 atom stereocenters. The minimum absolute atomic E-state index is 0.309. The number of aryl methyl sites for hydroxylation is 1. The number of aromatic nitrogens is 1. The van der Waals surface area contributed by atoms with Crippen molar-refractivity contribution >= 4 is 28.3 Å². The van der Waals surface area contributed by atoms with Gasteiger partial charge in [0.2, 0.25) is 0 Å². The second-order valence-electron chi connectivity index (χ2n) is 5.69. The van der Waals surface area contributed by atoms with Gasteiger partial charge in [0, 0.05) is 17.0 Å². The Kier molecular flexibility index (Phi) is 5.56. The van der Waals surface area contributed by atoms with Crippen LogP contribution in [0.25, 0.3) is 11.3 Å². The number of carbonyl (C=O) groups excluding carboxylic acids is 2. The summed E-state index contributed by atoms with van der Waals surface area (Å²) in [6.07, 6.45) is 0. The Morgan fingerprint density at radius 2 is 1.78 bits per heavy atom. The molecule has 27 heavy (non-hydrogen) atoms. The van der Waals surface area contributed by atoms with E-state index in [-0.39, 0.29) is 5.56 Å². The first-order chi connectivity index (χ1) is 12.9. The summed E-state index contributed by atoms with van der Waals surface area (Å²) in [5.74, 6) is -3.41. The van der Waals surface area contributed by atoms with Crippen LogP contribution in [0.3, 0.4) is 0 Å². The Hall–Kier alpha value is -3.13. The molecule has 0 unspecified atom stereocenters. The van der Waals surface area contributed by atoms with E-state index >= 15 is 0 Å². The molecule has 1 aromatic heterocycles. The highest BCUT2D eigenvalue weighted by molar-refractivity contribution is 7.14. The SMILES string of the molecule is Cc1ccc(-c2csc(NC(=O)COC(=O)c3cc(F)cc(F)c3)n2)cc1. The lowest BCUT2D eigenvalue weighted by atomic mass is 10.1. The lowest BCUT2D eigenvalue weighted by Gasteiger charge is -2.05. The number of nitrogens with one attached hydrogen (secondary N) is 1. The summed E-state index contributed by atoms with van der Waals surface area (Å²) in [5, 5.41) is 4.66. The number of carbonyl (C=O) groups is 2. The molecule has 1 N–H and O–H groups in total. The van der Waals surface area contributed by atoms with Crippen molar-refractivity contribution in [3.63, 3.8) is 0 Å². The highest BCUT2D eigenvalue weighted by Gasteiger charge is 2.14. The molecule has 1 heterocycles. The van der Waals surface area contributed by atoms with Gasteiger partial charge in [-0.2, -0.15) is 0 Å². The molecule has 8 heteroatoms. The molecule has 0 bridgehead atoms. The Bertz CT molecular complexity index is 967. The van der Waals surface area contributed by atoms with Crippen molar-refractivity contribution in [1.29, 1.82) is 0 Å². The van der Waals surface area contributed by atoms with E-state index in [1.54, 1.807) is 5.38 Å². The molecule has 138 valence electrons. The third-order valence-electron chi connectivity index (χ3n) is 3.53. The van der Waals surface area contributed by atoms with Crippen LogP contribution in [0.1, 0.15) is 15.9 Å². The minimum atomic E-state index is -0.997. The molecule has 0 spiro atoms. The largest absolute Gasteiger partial charge is 0.452 e. The average molecular weight is 388 g/mol. The van der Waals surface area contributed by atoms with Gasteiger partial charge < -0.3 is 4.74 Å². The highest BCUT2D eigenvalue weighted by Crippen LogP contribution is 2.25. The molecular formula is C19H14F2N2O3S. The third kappa shape index (κ3) is 4.95. The second kappa shape index (κ2) is 8.05. The molecule has 0 aliphatic rings. The third-order valence-corrected chi connectivity index (χ3v) is 4.29. The first kappa shape index (κ1) is 18.7. The summed E-state index contributed by atoms with van der Waals surface area (Å²) in [4.78, 5) is 28.0.